The van der Waals surface area contributed by atoms with Crippen LogP contribution in [-0.2, 0) is 7.05 Å². The zero-order valence-corrected chi connectivity index (χ0v) is 14.7. The molecule has 0 saturated carbocycles. The number of hydrogen-bond donors (Lipinski definition) is 1. The van der Waals surface area contributed by atoms with E-state index in [4.69, 9.17) is 5.11 Å². The summed E-state index contributed by atoms with van der Waals surface area (Å²) in [6.07, 6.45) is 0. The second-order valence-electron chi connectivity index (χ2n) is 6.41. The first-order valence-electron chi connectivity index (χ1n) is 8.25. The van der Waals surface area contributed by atoms with Gasteiger partial charge in [-0.05, 0) is 25.5 Å². The van der Waals surface area contributed by atoms with E-state index >= 15 is 0 Å². The fourth-order valence-electron chi connectivity index (χ4n) is 3.24. The van der Waals surface area contributed by atoms with E-state index < -0.39 is 5.97 Å². The van der Waals surface area contributed by atoms with Gasteiger partial charge in [0.2, 0.25) is 0 Å². The van der Waals surface area contributed by atoms with E-state index in [0.29, 0.717) is 18.8 Å². The van der Waals surface area contributed by atoms with Crippen molar-refractivity contribution in [3.63, 3.8) is 0 Å². The number of rotatable bonds is 3. The fraction of sp³-hybridized carbons (Fsp3) is 0.389. The second-order valence-corrected chi connectivity index (χ2v) is 6.41. The number of carbonyl (C=O) groups is 2. The molecular weight excluding hydrogens is 320 g/mol. The number of aromatic nitrogens is 2. The molecule has 0 spiro atoms. The summed E-state index contributed by atoms with van der Waals surface area (Å²) in [5, 5.41) is 12.9. The Kier molecular flexibility index (Phi) is 4.48. The lowest BCUT2D eigenvalue weighted by Crippen LogP contribution is -2.49. The van der Waals surface area contributed by atoms with Gasteiger partial charge in [-0.15, -0.1) is 0 Å². The monoisotopic (exact) mass is 342 g/mol. The molecule has 132 valence electrons. The van der Waals surface area contributed by atoms with Crippen LogP contribution in [0, 0.1) is 13.8 Å². The second kappa shape index (κ2) is 6.58. The van der Waals surface area contributed by atoms with Crippen LogP contribution in [0.25, 0.3) is 0 Å². The number of hydrogen-bond acceptors (Lipinski definition) is 4. The first kappa shape index (κ1) is 17.0. The molecule has 1 aliphatic heterocycles. The van der Waals surface area contributed by atoms with Crippen LogP contribution in [0.15, 0.2) is 24.3 Å². The first-order valence-corrected chi connectivity index (χ1v) is 8.25. The highest BCUT2D eigenvalue weighted by molar-refractivity contribution is 5.95. The van der Waals surface area contributed by atoms with Crippen LogP contribution in [0.5, 0.6) is 0 Å². The van der Waals surface area contributed by atoms with Gasteiger partial charge in [0.15, 0.2) is 5.69 Å². The van der Waals surface area contributed by atoms with Crippen LogP contribution in [0.1, 0.15) is 32.1 Å². The van der Waals surface area contributed by atoms with Crippen LogP contribution < -0.4 is 4.90 Å². The summed E-state index contributed by atoms with van der Waals surface area (Å²) in [6, 6.07) is 7.72. The molecule has 0 unspecified atom stereocenters. The van der Waals surface area contributed by atoms with Gasteiger partial charge in [0, 0.05) is 45.0 Å². The van der Waals surface area contributed by atoms with Gasteiger partial charge >= 0.3 is 5.97 Å². The highest BCUT2D eigenvalue weighted by Gasteiger charge is 2.26. The largest absolute Gasteiger partial charge is 0.476 e. The first-order chi connectivity index (χ1) is 11.9. The fourth-order valence-corrected chi connectivity index (χ4v) is 3.24. The summed E-state index contributed by atoms with van der Waals surface area (Å²) < 4.78 is 1.34. The maximum absolute atomic E-state index is 12.7. The summed E-state index contributed by atoms with van der Waals surface area (Å²) >= 11 is 0. The quantitative estimate of drug-likeness (QED) is 0.918. The predicted molar refractivity (Wildman–Crippen MR) is 94.2 cm³/mol. The summed E-state index contributed by atoms with van der Waals surface area (Å²) in [7, 11) is 1.59. The third-order valence-corrected chi connectivity index (χ3v) is 4.58. The van der Waals surface area contributed by atoms with Gasteiger partial charge in [0.25, 0.3) is 5.91 Å². The van der Waals surface area contributed by atoms with E-state index in [1.54, 1.807) is 11.9 Å². The number of carbonyl (C=O) groups excluding carboxylic acids is 1. The van der Waals surface area contributed by atoms with Crippen molar-refractivity contribution >= 4 is 17.6 Å². The Hall–Kier alpha value is -2.83. The van der Waals surface area contributed by atoms with Crippen molar-refractivity contribution in [1.82, 2.24) is 14.7 Å². The van der Waals surface area contributed by atoms with Gasteiger partial charge in [-0.2, -0.15) is 5.10 Å². The lowest BCUT2D eigenvalue weighted by Gasteiger charge is -2.36. The van der Waals surface area contributed by atoms with Crippen molar-refractivity contribution in [3.8, 4) is 0 Å². The number of carboxylic acids is 1. The van der Waals surface area contributed by atoms with Gasteiger partial charge in [-0.1, -0.05) is 17.7 Å². The van der Waals surface area contributed by atoms with Crippen molar-refractivity contribution in [2.75, 3.05) is 31.1 Å². The SMILES string of the molecule is Cc1ccc(N2CCN(C(=O)c3cc(C(=O)O)nn3C)CC2)c(C)c1. The Labute approximate surface area is 146 Å². The van der Waals surface area contributed by atoms with Crippen LogP contribution in [-0.4, -0.2) is 57.8 Å². The Morgan fingerprint density at radius 2 is 1.76 bits per heavy atom. The highest BCUT2D eigenvalue weighted by atomic mass is 16.4. The molecule has 7 nitrogen and oxygen atoms in total. The maximum atomic E-state index is 12.7. The lowest BCUT2D eigenvalue weighted by molar-refractivity contribution is 0.0688. The third-order valence-electron chi connectivity index (χ3n) is 4.58. The molecule has 0 aliphatic carbocycles. The molecule has 1 aromatic carbocycles. The van der Waals surface area contributed by atoms with E-state index in [-0.39, 0.29) is 11.6 Å². The molecule has 1 fully saturated rings. The number of carboxylic acid groups (broad SMARTS) is 1. The number of nitrogens with zero attached hydrogens (tertiary/aromatic N) is 4. The molecule has 1 aromatic heterocycles. The van der Waals surface area contributed by atoms with Crippen molar-refractivity contribution in [3.05, 3.63) is 46.8 Å². The minimum Gasteiger partial charge on any atom is -0.476 e. The van der Waals surface area contributed by atoms with E-state index in [1.807, 2.05) is 0 Å². The summed E-state index contributed by atoms with van der Waals surface area (Å²) in [4.78, 5) is 27.7. The molecule has 0 atom stereocenters. The van der Waals surface area contributed by atoms with Crippen molar-refractivity contribution in [1.29, 1.82) is 0 Å². The minimum absolute atomic E-state index is 0.111. The maximum Gasteiger partial charge on any atom is 0.356 e. The number of amides is 1. The van der Waals surface area contributed by atoms with Gasteiger partial charge in [-0.3, -0.25) is 9.48 Å². The smallest absolute Gasteiger partial charge is 0.356 e. The van der Waals surface area contributed by atoms with Crippen LogP contribution >= 0.6 is 0 Å². The Morgan fingerprint density at radius 3 is 2.32 bits per heavy atom. The zero-order chi connectivity index (χ0) is 18.1. The lowest BCUT2D eigenvalue weighted by atomic mass is 10.1. The average Bonchev–Trinajstić information content (AvgIpc) is 2.97. The summed E-state index contributed by atoms with van der Waals surface area (Å²) in [6.45, 7) is 6.87. The number of piperazine rings is 1. The van der Waals surface area contributed by atoms with Crippen LogP contribution in [0.3, 0.4) is 0 Å². The van der Waals surface area contributed by atoms with Gasteiger partial charge in [-0.25, -0.2) is 4.79 Å². The van der Waals surface area contributed by atoms with E-state index in [1.165, 1.54) is 27.6 Å². The molecule has 1 N–H and O–H groups in total. The third kappa shape index (κ3) is 3.35. The average molecular weight is 342 g/mol. The van der Waals surface area contributed by atoms with Crippen LogP contribution in [0.4, 0.5) is 5.69 Å². The molecule has 1 amide bonds. The molecule has 0 radical (unpaired) electrons. The summed E-state index contributed by atoms with van der Waals surface area (Å²) in [5.41, 5.74) is 3.86. The molecule has 25 heavy (non-hydrogen) atoms. The van der Waals surface area contributed by atoms with E-state index in [2.05, 4.69) is 42.0 Å². The molecule has 1 aliphatic rings. The standard InChI is InChI=1S/C18H22N4O3/c1-12-4-5-15(13(2)10-12)21-6-8-22(9-7-21)17(23)16-11-14(18(24)25)19-20(16)3/h4-5,10-11H,6-9H2,1-3H3,(H,24,25). The minimum atomic E-state index is -1.13. The predicted octanol–water partition coefficient (Wildman–Crippen LogP) is 1.70. The number of anilines is 1. The molecule has 7 heteroatoms. The number of aryl methyl sites for hydroxylation is 3. The van der Waals surface area contributed by atoms with Crippen LogP contribution in [0.2, 0.25) is 0 Å². The number of aromatic carboxylic acids is 1. The molecular formula is C18H22N4O3. The normalized spacial score (nSPS) is 14.7. The topological polar surface area (TPSA) is 78.7 Å². The van der Waals surface area contributed by atoms with Gasteiger partial charge < -0.3 is 14.9 Å². The molecule has 0 bridgehead atoms. The van der Waals surface area contributed by atoms with Gasteiger partial charge in [0.05, 0.1) is 0 Å². The molecule has 2 heterocycles. The van der Waals surface area contributed by atoms with Crippen molar-refractivity contribution in [2.45, 2.75) is 13.8 Å². The highest BCUT2D eigenvalue weighted by Crippen LogP contribution is 2.23. The Balaban J connectivity index is 1.69. The Bertz CT molecular complexity index is 820. The molecule has 1 saturated heterocycles. The van der Waals surface area contributed by atoms with E-state index in [9.17, 15) is 9.59 Å². The Morgan fingerprint density at radius 1 is 1.08 bits per heavy atom. The van der Waals surface area contributed by atoms with E-state index in [0.717, 1.165) is 13.1 Å². The summed E-state index contributed by atoms with van der Waals surface area (Å²) in [5.74, 6) is -1.31. The van der Waals surface area contributed by atoms with Crippen molar-refractivity contribution < 1.29 is 14.7 Å². The molecule has 2 aromatic rings. The van der Waals surface area contributed by atoms with Gasteiger partial charge in [0.1, 0.15) is 5.69 Å². The molecule has 3 rings (SSSR count). The number of benzene rings is 1. The zero-order valence-electron chi connectivity index (χ0n) is 14.7. The van der Waals surface area contributed by atoms with Crippen molar-refractivity contribution in [2.24, 2.45) is 7.05 Å².